The van der Waals surface area contributed by atoms with Gasteiger partial charge in [0.15, 0.2) is 0 Å². The van der Waals surface area contributed by atoms with Gasteiger partial charge < -0.3 is 0 Å². The summed E-state index contributed by atoms with van der Waals surface area (Å²) >= 11 is 0. The molecule has 0 bridgehead atoms. The van der Waals surface area contributed by atoms with Crippen LogP contribution in [0, 0.1) is 0 Å². The molecule has 0 amide bonds. The lowest BCUT2D eigenvalue weighted by molar-refractivity contribution is 1.26. The zero-order chi connectivity index (χ0) is 12.2. The molecule has 3 rings (SSSR count). The Morgan fingerprint density at radius 1 is 0.833 bits per heavy atom. The van der Waals surface area contributed by atoms with Crippen molar-refractivity contribution in [2.24, 2.45) is 4.99 Å². The number of nitrogens with zero attached hydrogens (tertiary/aromatic N) is 1. The Labute approximate surface area is 106 Å². The molecule has 1 heterocycles. The summed E-state index contributed by atoms with van der Waals surface area (Å²) < 4.78 is 0. The van der Waals surface area contributed by atoms with Gasteiger partial charge in [0.2, 0.25) is 0 Å². The van der Waals surface area contributed by atoms with E-state index in [1.165, 1.54) is 5.56 Å². The highest BCUT2D eigenvalue weighted by atomic mass is 14.7. The van der Waals surface area contributed by atoms with Gasteiger partial charge in [-0.3, -0.25) is 0 Å². The number of benzene rings is 2. The van der Waals surface area contributed by atoms with Gasteiger partial charge in [0.1, 0.15) is 0 Å². The molecular weight excluding hydrogens is 218 g/mol. The van der Waals surface area contributed by atoms with Crippen molar-refractivity contribution in [3.63, 3.8) is 0 Å². The summed E-state index contributed by atoms with van der Waals surface area (Å²) in [6.45, 7) is 0. The fourth-order valence-electron chi connectivity index (χ4n) is 1.96. The van der Waals surface area contributed by atoms with Gasteiger partial charge in [0.25, 0.3) is 0 Å². The molecule has 0 atom stereocenters. The van der Waals surface area contributed by atoms with E-state index in [1.54, 1.807) is 0 Å². The molecule has 0 N–H and O–H groups in total. The number of hydrogen-bond acceptors (Lipinski definition) is 1. The van der Waals surface area contributed by atoms with Crippen LogP contribution >= 0.6 is 0 Å². The molecule has 0 unspecified atom stereocenters. The van der Waals surface area contributed by atoms with Gasteiger partial charge >= 0.3 is 0 Å². The molecule has 18 heavy (non-hydrogen) atoms. The number of para-hydroxylation sites is 1. The van der Waals surface area contributed by atoms with E-state index in [4.69, 9.17) is 0 Å². The Morgan fingerprint density at radius 3 is 2.50 bits per heavy atom. The lowest BCUT2D eigenvalue weighted by Crippen LogP contribution is -2.23. The van der Waals surface area contributed by atoms with Gasteiger partial charge in [-0.15, -0.1) is 0 Å². The van der Waals surface area contributed by atoms with Crippen LogP contribution in [0.3, 0.4) is 0 Å². The second kappa shape index (κ2) is 4.84. The van der Waals surface area contributed by atoms with Crippen LogP contribution in [0.15, 0.2) is 77.4 Å². The molecule has 1 heteroatoms. The van der Waals surface area contributed by atoms with Crippen LogP contribution in [-0.2, 0) is 0 Å². The average Bonchev–Trinajstić information content (AvgIpc) is 2.61. The van der Waals surface area contributed by atoms with E-state index in [2.05, 4.69) is 35.3 Å². The zero-order valence-electron chi connectivity index (χ0n) is 9.95. The highest BCUT2D eigenvalue weighted by Crippen LogP contribution is 2.09. The normalized spacial score (nSPS) is 15.4. The van der Waals surface area contributed by atoms with E-state index < -0.39 is 0 Å². The lowest BCUT2D eigenvalue weighted by Gasteiger charge is -1.95. The maximum atomic E-state index is 4.68. The Balaban J connectivity index is 2.11. The van der Waals surface area contributed by atoms with Crippen LogP contribution in [0.1, 0.15) is 5.56 Å². The number of rotatable bonds is 1. The van der Waals surface area contributed by atoms with Crippen molar-refractivity contribution in [1.29, 1.82) is 0 Å². The van der Waals surface area contributed by atoms with Crippen molar-refractivity contribution in [2.45, 2.75) is 0 Å². The summed E-state index contributed by atoms with van der Waals surface area (Å²) in [6.07, 6.45) is 8.26. The average molecular weight is 231 g/mol. The molecule has 0 saturated carbocycles. The summed E-state index contributed by atoms with van der Waals surface area (Å²) in [5.74, 6) is 0. The second-order valence-electron chi connectivity index (χ2n) is 4.18. The predicted octanol–water partition coefficient (Wildman–Crippen LogP) is 2.70. The first-order valence-corrected chi connectivity index (χ1v) is 6.01. The minimum absolute atomic E-state index is 0.974. The van der Waals surface area contributed by atoms with E-state index in [0.29, 0.717) is 0 Å². The summed E-state index contributed by atoms with van der Waals surface area (Å²) in [6, 6.07) is 18.4. The summed E-state index contributed by atoms with van der Waals surface area (Å²) in [5, 5.41) is 2.18. The first kappa shape index (κ1) is 10.7. The third kappa shape index (κ3) is 2.30. The number of fused-ring (bicyclic) bond motifs is 1. The van der Waals surface area contributed by atoms with E-state index in [1.807, 2.05) is 48.6 Å². The third-order valence-corrected chi connectivity index (χ3v) is 2.84. The van der Waals surface area contributed by atoms with E-state index in [0.717, 1.165) is 16.3 Å². The molecule has 0 spiro atoms. The molecule has 0 radical (unpaired) electrons. The first-order chi connectivity index (χ1) is 8.92. The highest BCUT2D eigenvalue weighted by molar-refractivity contribution is 5.57. The van der Waals surface area contributed by atoms with Gasteiger partial charge in [0, 0.05) is 5.22 Å². The maximum absolute atomic E-state index is 4.68. The van der Waals surface area contributed by atoms with Crippen molar-refractivity contribution in [3.05, 3.63) is 88.6 Å². The fraction of sp³-hybridized carbons (Fsp3) is 0. The molecular formula is C17H13N. The summed E-state index contributed by atoms with van der Waals surface area (Å²) in [7, 11) is 0. The van der Waals surface area contributed by atoms with Crippen molar-refractivity contribution in [2.75, 3.05) is 0 Å². The van der Waals surface area contributed by atoms with Crippen LogP contribution in [0.2, 0.25) is 0 Å². The van der Waals surface area contributed by atoms with E-state index in [-0.39, 0.29) is 0 Å². The van der Waals surface area contributed by atoms with Crippen LogP contribution in [0.4, 0.5) is 0 Å². The monoisotopic (exact) mass is 231 g/mol. The second-order valence-corrected chi connectivity index (χ2v) is 4.18. The molecule has 0 saturated heterocycles. The van der Waals surface area contributed by atoms with Crippen LogP contribution in [-0.4, -0.2) is 0 Å². The van der Waals surface area contributed by atoms with Crippen molar-refractivity contribution < 1.29 is 0 Å². The van der Waals surface area contributed by atoms with Crippen molar-refractivity contribution in [3.8, 4) is 0 Å². The molecule has 1 nitrogen and oxygen atoms in total. The minimum Gasteiger partial charge on any atom is -0.248 e. The van der Waals surface area contributed by atoms with Crippen LogP contribution < -0.4 is 10.6 Å². The van der Waals surface area contributed by atoms with Crippen LogP contribution in [0.25, 0.3) is 12.2 Å². The zero-order valence-corrected chi connectivity index (χ0v) is 9.95. The molecule has 0 fully saturated rings. The molecule has 86 valence electrons. The molecule has 0 aromatic heterocycles. The van der Waals surface area contributed by atoms with E-state index in [9.17, 15) is 0 Å². The lowest BCUT2D eigenvalue weighted by atomic mass is 10.2. The maximum Gasteiger partial charge on any atom is 0.0709 e. The smallest absolute Gasteiger partial charge is 0.0709 e. The molecule has 2 aromatic carbocycles. The number of hydrogen-bond donors (Lipinski definition) is 0. The molecule has 1 aliphatic rings. The quantitative estimate of drug-likeness (QED) is 0.715. The van der Waals surface area contributed by atoms with E-state index >= 15 is 0 Å². The Bertz CT molecular complexity index is 722. The fourth-order valence-corrected chi connectivity index (χ4v) is 1.96. The van der Waals surface area contributed by atoms with Crippen molar-refractivity contribution >= 4 is 12.2 Å². The van der Waals surface area contributed by atoms with Crippen LogP contribution in [0.5, 0.6) is 0 Å². The first-order valence-electron chi connectivity index (χ1n) is 6.01. The Morgan fingerprint density at radius 2 is 1.61 bits per heavy atom. The summed E-state index contributed by atoms with van der Waals surface area (Å²) in [4.78, 5) is 4.68. The Kier molecular flexibility index (Phi) is 2.89. The van der Waals surface area contributed by atoms with Gasteiger partial charge in [0.05, 0.1) is 11.1 Å². The minimum atomic E-state index is 0.974. The molecule has 1 aliphatic heterocycles. The van der Waals surface area contributed by atoms with Gasteiger partial charge in [-0.25, -0.2) is 4.99 Å². The predicted molar refractivity (Wildman–Crippen MR) is 75.2 cm³/mol. The van der Waals surface area contributed by atoms with Crippen molar-refractivity contribution in [1.82, 2.24) is 0 Å². The number of allylic oxidation sites excluding steroid dienone is 2. The summed E-state index contributed by atoms with van der Waals surface area (Å²) in [5.41, 5.74) is 2.14. The van der Waals surface area contributed by atoms with Gasteiger partial charge in [-0.05, 0) is 23.8 Å². The van der Waals surface area contributed by atoms with Gasteiger partial charge in [-0.2, -0.15) is 0 Å². The topological polar surface area (TPSA) is 12.4 Å². The molecule has 0 aliphatic carbocycles. The van der Waals surface area contributed by atoms with Gasteiger partial charge in [-0.1, -0.05) is 60.7 Å². The standard InChI is InChI=1S/C17H13N/c1-2-7-14(8-3-1)13-16-11-6-10-15-9-4-5-12-17(15)18-16/h1-13H. The molecule has 2 aromatic rings. The highest BCUT2D eigenvalue weighted by Gasteiger charge is 1.94. The largest absolute Gasteiger partial charge is 0.248 e. The SMILES string of the molecule is C1=CC(=Cc2ccccc2)N=c2ccccc2=C1. The third-order valence-electron chi connectivity index (χ3n) is 2.84. The Hall–Kier alpha value is -2.41.